The highest BCUT2D eigenvalue weighted by Crippen LogP contribution is 2.31. The normalized spacial score (nSPS) is 13.9. The van der Waals surface area contributed by atoms with Crippen LogP contribution in [0.1, 0.15) is 46.2 Å². The van der Waals surface area contributed by atoms with Crippen molar-refractivity contribution in [3.05, 3.63) is 29.8 Å². The van der Waals surface area contributed by atoms with Crippen molar-refractivity contribution in [1.29, 1.82) is 0 Å². The van der Waals surface area contributed by atoms with Gasteiger partial charge in [-0.05, 0) is 37.0 Å². The van der Waals surface area contributed by atoms with Gasteiger partial charge < -0.3 is 10.5 Å². The second-order valence-corrected chi connectivity index (χ2v) is 5.58. The van der Waals surface area contributed by atoms with Crippen LogP contribution in [0.15, 0.2) is 24.3 Å². The molecule has 0 aliphatic heterocycles. The lowest BCUT2D eigenvalue weighted by atomic mass is 9.83. The summed E-state index contributed by atoms with van der Waals surface area (Å²) in [7, 11) is 0. The maximum atomic E-state index is 6.22. The van der Waals surface area contributed by atoms with Crippen molar-refractivity contribution < 1.29 is 4.74 Å². The first kappa shape index (κ1) is 13.0. The molecule has 2 heteroatoms. The summed E-state index contributed by atoms with van der Waals surface area (Å²) in [6.07, 6.45) is 0.195. The van der Waals surface area contributed by atoms with Crippen molar-refractivity contribution in [3.8, 4) is 5.75 Å². The van der Waals surface area contributed by atoms with Crippen molar-refractivity contribution in [3.63, 3.8) is 0 Å². The first-order chi connectivity index (χ1) is 7.30. The van der Waals surface area contributed by atoms with Gasteiger partial charge in [-0.25, -0.2) is 0 Å². The first-order valence-electron chi connectivity index (χ1n) is 5.83. The molecule has 1 unspecified atom stereocenters. The summed E-state index contributed by atoms with van der Waals surface area (Å²) in [6, 6.07) is 8.10. The predicted molar refractivity (Wildman–Crippen MR) is 68.6 cm³/mol. The average molecular weight is 221 g/mol. The Labute approximate surface area is 98.8 Å². The fourth-order valence-corrected chi connectivity index (χ4v) is 1.55. The van der Waals surface area contributed by atoms with Gasteiger partial charge in [-0.1, -0.05) is 32.9 Å². The van der Waals surface area contributed by atoms with E-state index in [4.69, 9.17) is 10.5 Å². The maximum absolute atomic E-state index is 6.22. The summed E-state index contributed by atoms with van der Waals surface area (Å²) >= 11 is 0. The number of ether oxygens (including phenoxy) is 1. The minimum atomic E-state index is 0.0308. The Morgan fingerprint density at radius 1 is 1.19 bits per heavy atom. The molecule has 0 aliphatic carbocycles. The Bertz CT molecular complexity index is 339. The summed E-state index contributed by atoms with van der Waals surface area (Å²) < 4.78 is 5.66. The number of rotatable bonds is 3. The average Bonchev–Trinajstić information content (AvgIpc) is 2.14. The molecule has 0 spiro atoms. The third kappa shape index (κ3) is 3.53. The standard InChI is InChI=1S/C14H23NO/c1-10(2)16-12-8-6-7-11(9-12)13(15)14(3,4)5/h6-10,13H,15H2,1-5H3. The van der Waals surface area contributed by atoms with Gasteiger partial charge in [0.05, 0.1) is 6.10 Å². The molecular formula is C14H23NO. The van der Waals surface area contributed by atoms with Crippen LogP contribution in [0, 0.1) is 5.41 Å². The Balaban J connectivity index is 2.90. The van der Waals surface area contributed by atoms with E-state index in [1.54, 1.807) is 0 Å². The molecule has 0 aliphatic rings. The lowest BCUT2D eigenvalue weighted by Crippen LogP contribution is -2.26. The number of benzene rings is 1. The van der Waals surface area contributed by atoms with Crippen LogP contribution < -0.4 is 10.5 Å². The molecule has 0 radical (unpaired) electrons. The van der Waals surface area contributed by atoms with E-state index < -0.39 is 0 Å². The smallest absolute Gasteiger partial charge is 0.120 e. The van der Waals surface area contributed by atoms with E-state index in [0.717, 1.165) is 11.3 Å². The van der Waals surface area contributed by atoms with E-state index in [9.17, 15) is 0 Å². The van der Waals surface area contributed by atoms with Crippen molar-refractivity contribution in [2.24, 2.45) is 11.1 Å². The summed E-state index contributed by atoms with van der Waals surface area (Å²) in [5.41, 5.74) is 7.41. The summed E-state index contributed by atoms with van der Waals surface area (Å²) in [5, 5.41) is 0. The third-order valence-electron chi connectivity index (χ3n) is 2.52. The van der Waals surface area contributed by atoms with Gasteiger partial charge in [-0.15, -0.1) is 0 Å². The molecule has 2 nitrogen and oxygen atoms in total. The number of nitrogens with two attached hydrogens (primary N) is 1. The highest BCUT2D eigenvalue weighted by atomic mass is 16.5. The van der Waals surface area contributed by atoms with Gasteiger partial charge in [0, 0.05) is 6.04 Å². The molecule has 90 valence electrons. The topological polar surface area (TPSA) is 35.2 Å². The van der Waals surface area contributed by atoms with Crippen LogP contribution in [0.5, 0.6) is 5.75 Å². The fourth-order valence-electron chi connectivity index (χ4n) is 1.55. The summed E-state index contributed by atoms with van der Waals surface area (Å²) in [6.45, 7) is 10.5. The van der Waals surface area contributed by atoms with Crippen molar-refractivity contribution in [2.45, 2.75) is 46.8 Å². The van der Waals surface area contributed by atoms with Gasteiger partial charge in [0.1, 0.15) is 5.75 Å². The van der Waals surface area contributed by atoms with Crippen molar-refractivity contribution in [2.75, 3.05) is 0 Å². The monoisotopic (exact) mass is 221 g/mol. The van der Waals surface area contributed by atoms with Gasteiger partial charge in [-0.3, -0.25) is 0 Å². The molecule has 0 aromatic heterocycles. The van der Waals surface area contributed by atoms with E-state index in [1.807, 2.05) is 32.0 Å². The van der Waals surface area contributed by atoms with Gasteiger partial charge >= 0.3 is 0 Å². The molecule has 0 amide bonds. The van der Waals surface area contributed by atoms with E-state index >= 15 is 0 Å². The molecular weight excluding hydrogens is 198 g/mol. The number of hydrogen-bond acceptors (Lipinski definition) is 2. The van der Waals surface area contributed by atoms with Gasteiger partial charge in [0.15, 0.2) is 0 Å². The molecule has 1 aromatic carbocycles. The Morgan fingerprint density at radius 3 is 2.31 bits per heavy atom. The summed E-state index contributed by atoms with van der Waals surface area (Å²) in [4.78, 5) is 0. The van der Waals surface area contributed by atoms with Crippen molar-refractivity contribution >= 4 is 0 Å². The van der Waals surface area contributed by atoms with Crippen molar-refractivity contribution in [1.82, 2.24) is 0 Å². The molecule has 0 saturated heterocycles. The minimum absolute atomic E-state index is 0.0308. The van der Waals surface area contributed by atoms with Crippen LogP contribution in [0.2, 0.25) is 0 Å². The predicted octanol–water partition coefficient (Wildman–Crippen LogP) is 3.52. The van der Waals surface area contributed by atoms with E-state index in [-0.39, 0.29) is 17.6 Å². The SMILES string of the molecule is CC(C)Oc1cccc(C(N)C(C)(C)C)c1. The Kier molecular flexibility index (Phi) is 3.98. The zero-order valence-electron chi connectivity index (χ0n) is 10.9. The zero-order valence-corrected chi connectivity index (χ0v) is 10.9. The van der Waals surface area contributed by atoms with Gasteiger partial charge in [-0.2, -0.15) is 0 Å². The van der Waals surface area contributed by atoms with Crippen LogP contribution in [0.25, 0.3) is 0 Å². The maximum Gasteiger partial charge on any atom is 0.120 e. The lowest BCUT2D eigenvalue weighted by molar-refractivity contribution is 0.241. The molecule has 0 bridgehead atoms. The Hall–Kier alpha value is -1.02. The molecule has 16 heavy (non-hydrogen) atoms. The fraction of sp³-hybridized carbons (Fsp3) is 0.571. The lowest BCUT2D eigenvalue weighted by Gasteiger charge is -2.27. The second-order valence-electron chi connectivity index (χ2n) is 5.58. The highest BCUT2D eigenvalue weighted by Gasteiger charge is 2.22. The first-order valence-corrected chi connectivity index (χ1v) is 5.83. The van der Waals surface area contributed by atoms with Gasteiger partial charge in [0.2, 0.25) is 0 Å². The molecule has 0 saturated carbocycles. The molecule has 0 heterocycles. The Morgan fingerprint density at radius 2 is 1.81 bits per heavy atom. The van der Waals surface area contributed by atoms with Crippen LogP contribution in [0.3, 0.4) is 0 Å². The van der Waals surface area contributed by atoms with Gasteiger partial charge in [0.25, 0.3) is 0 Å². The van der Waals surface area contributed by atoms with Crippen LogP contribution in [0.4, 0.5) is 0 Å². The summed E-state index contributed by atoms with van der Waals surface area (Å²) in [5.74, 6) is 0.896. The van der Waals surface area contributed by atoms with Crippen LogP contribution >= 0.6 is 0 Å². The number of hydrogen-bond donors (Lipinski definition) is 1. The molecule has 2 N–H and O–H groups in total. The quantitative estimate of drug-likeness (QED) is 0.847. The van der Waals surface area contributed by atoms with E-state index in [2.05, 4.69) is 26.8 Å². The molecule has 1 aromatic rings. The van der Waals surface area contributed by atoms with Crippen LogP contribution in [-0.2, 0) is 0 Å². The molecule has 1 atom stereocenters. The van der Waals surface area contributed by atoms with E-state index in [1.165, 1.54) is 0 Å². The highest BCUT2D eigenvalue weighted by molar-refractivity contribution is 5.31. The molecule has 1 rings (SSSR count). The molecule has 0 fully saturated rings. The third-order valence-corrected chi connectivity index (χ3v) is 2.52. The van der Waals surface area contributed by atoms with E-state index in [0.29, 0.717) is 0 Å². The minimum Gasteiger partial charge on any atom is -0.491 e. The van der Waals surface area contributed by atoms with Crippen LogP contribution in [-0.4, -0.2) is 6.10 Å². The zero-order chi connectivity index (χ0) is 12.3. The second kappa shape index (κ2) is 4.88. The largest absolute Gasteiger partial charge is 0.491 e.